The largest absolute Gasteiger partial charge is 0.493 e. The molecule has 4 rings (SSSR count). The molecule has 248 valence electrons. The van der Waals surface area contributed by atoms with Gasteiger partial charge in [-0.15, -0.1) is 11.8 Å². The Morgan fingerprint density at radius 1 is 1.09 bits per heavy atom. The van der Waals surface area contributed by atoms with Gasteiger partial charge in [0.15, 0.2) is 0 Å². The van der Waals surface area contributed by atoms with Crippen LogP contribution in [0.1, 0.15) is 61.3 Å². The van der Waals surface area contributed by atoms with E-state index in [-0.39, 0.29) is 41.3 Å². The van der Waals surface area contributed by atoms with Crippen LogP contribution in [-0.4, -0.2) is 40.1 Å². The van der Waals surface area contributed by atoms with Crippen LogP contribution in [-0.2, 0) is 23.6 Å². The molecule has 0 fully saturated rings. The van der Waals surface area contributed by atoms with E-state index in [9.17, 15) is 13.2 Å². The topological polar surface area (TPSA) is 62.2 Å². The molecule has 5 nitrogen and oxygen atoms in total. The first-order valence-electron chi connectivity index (χ1n) is 15.1. The van der Waals surface area contributed by atoms with Crippen LogP contribution in [0.5, 0.6) is 5.75 Å². The monoisotopic (exact) mass is 693 g/mol. The van der Waals surface area contributed by atoms with Crippen molar-refractivity contribution < 1.29 is 32.2 Å². The number of thioether (sulfide) groups is 1. The summed E-state index contributed by atoms with van der Waals surface area (Å²) in [7, 11) is -2.60. The highest BCUT2D eigenvalue weighted by Crippen LogP contribution is 2.37. The molecule has 2 N–H and O–H groups in total. The Kier molecular flexibility index (Phi) is 13.6. The van der Waals surface area contributed by atoms with E-state index in [4.69, 9.17) is 30.6 Å². The number of hydrogen-bond acceptors (Lipinski definition) is 6. The van der Waals surface area contributed by atoms with Gasteiger partial charge in [0.05, 0.1) is 18.2 Å². The molecule has 46 heavy (non-hydrogen) atoms. The molecule has 3 aromatic carbocycles. The van der Waals surface area contributed by atoms with E-state index >= 15 is 0 Å². The Hall–Kier alpha value is -2.36. The first kappa shape index (κ1) is 36.5. The standard InChI is InChI=1S/C35H40ClF3NO4PS/c1-24(17-18-43-28-19-32(37)30(23-44-45(41)42)33(20-28)46-3)40(21-27-15-10-16-31(34(27)36)35(2,38)39)22-29(25-11-6-4-7-12-25)26-13-8-5-9-14-26/h4,6-8,10-16,19-20,24,29,41-42H,5,9,17-18,21-23H2,1-3H3/t24-,29?/m1/s1. The lowest BCUT2D eigenvalue weighted by molar-refractivity contribution is 0.0174. The van der Waals surface area contributed by atoms with E-state index in [1.54, 1.807) is 24.5 Å². The SMILES string of the molecule is CSc1cc(OCC[C@@H](C)N(Cc2cccc(C(C)(F)F)c2Cl)CC(C2=CCCC=C2)c2ccccc2)cc(F)c1COP(O)O. The minimum atomic E-state index is -3.08. The lowest BCUT2D eigenvalue weighted by atomic mass is 9.87. The molecule has 0 saturated carbocycles. The minimum absolute atomic E-state index is 0.0440. The summed E-state index contributed by atoms with van der Waals surface area (Å²) in [5.41, 5.74) is 3.02. The van der Waals surface area contributed by atoms with Gasteiger partial charge in [-0.3, -0.25) is 4.90 Å². The third-order valence-corrected chi connectivity index (χ3v) is 9.68. The molecule has 0 saturated heterocycles. The van der Waals surface area contributed by atoms with Gasteiger partial charge in [-0.25, -0.2) is 13.2 Å². The predicted molar refractivity (Wildman–Crippen MR) is 181 cm³/mol. The average Bonchev–Trinajstić information content (AvgIpc) is 3.03. The average molecular weight is 694 g/mol. The van der Waals surface area contributed by atoms with Gasteiger partial charge in [0, 0.05) is 54.1 Å². The van der Waals surface area contributed by atoms with Crippen molar-refractivity contribution in [3.8, 4) is 5.75 Å². The van der Waals surface area contributed by atoms with Crippen LogP contribution in [0.4, 0.5) is 13.2 Å². The number of halogens is 4. The number of hydrogen-bond donors (Lipinski definition) is 2. The van der Waals surface area contributed by atoms with Gasteiger partial charge in [-0.2, -0.15) is 0 Å². The molecular formula is C35H40ClF3NO4PS. The van der Waals surface area contributed by atoms with Crippen LogP contribution in [0.15, 0.2) is 89.4 Å². The maximum atomic E-state index is 14.9. The second-order valence-electron chi connectivity index (χ2n) is 11.3. The molecular weight excluding hydrogens is 654 g/mol. The fraction of sp³-hybridized carbons (Fsp3) is 0.371. The lowest BCUT2D eigenvalue weighted by Gasteiger charge is -2.34. The summed E-state index contributed by atoms with van der Waals surface area (Å²) in [6, 6.07) is 17.9. The number of allylic oxidation sites excluding steroid dienone is 3. The van der Waals surface area contributed by atoms with Gasteiger partial charge in [0.2, 0.25) is 0 Å². The summed E-state index contributed by atoms with van der Waals surface area (Å²) >= 11 is 7.90. The molecule has 1 unspecified atom stereocenters. The highest BCUT2D eigenvalue weighted by molar-refractivity contribution is 7.98. The summed E-state index contributed by atoms with van der Waals surface area (Å²) < 4.78 is 54.6. The highest BCUT2D eigenvalue weighted by atomic mass is 35.5. The van der Waals surface area contributed by atoms with Crippen molar-refractivity contribution in [3.05, 3.63) is 118 Å². The first-order valence-corrected chi connectivity index (χ1v) is 17.9. The molecule has 0 aromatic heterocycles. The summed E-state index contributed by atoms with van der Waals surface area (Å²) in [5, 5.41) is 0.0654. The molecule has 1 aliphatic rings. The van der Waals surface area contributed by atoms with Crippen molar-refractivity contribution in [2.24, 2.45) is 0 Å². The van der Waals surface area contributed by atoms with Gasteiger partial charge in [0.25, 0.3) is 5.92 Å². The molecule has 11 heteroatoms. The molecule has 0 spiro atoms. The third kappa shape index (κ3) is 10.1. The Labute approximate surface area is 280 Å². The van der Waals surface area contributed by atoms with Crippen LogP contribution >= 0.6 is 32.0 Å². The lowest BCUT2D eigenvalue weighted by Crippen LogP contribution is -2.37. The summed E-state index contributed by atoms with van der Waals surface area (Å²) in [5.74, 6) is -3.24. The van der Waals surface area contributed by atoms with E-state index in [1.165, 1.54) is 29.5 Å². The van der Waals surface area contributed by atoms with E-state index in [2.05, 4.69) is 42.2 Å². The van der Waals surface area contributed by atoms with Crippen LogP contribution in [0, 0.1) is 5.82 Å². The molecule has 0 bridgehead atoms. The number of alkyl halides is 2. The van der Waals surface area contributed by atoms with E-state index in [1.807, 2.05) is 18.2 Å². The smallest absolute Gasteiger partial charge is 0.327 e. The fourth-order valence-electron chi connectivity index (χ4n) is 5.52. The molecule has 2 atom stereocenters. The quantitative estimate of drug-likeness (QED) is 0.115. The maximum absolute atomic E-state index is 14.9. The molecule has 0 heterocycles. The van der Waals surface area contributed by atoms with Crippen LogP contribution in [0.3, 0.4) is 0 Å². The van der Waals surface area contributed by atoms with Crippen LogP contribution < -0.4 is 4.74 Å². The van der Waals surface area contributed by atoms with Crippen molar-refractivity contribution >= 4 is 32.0 Å². The number of benzene rings is 3. The van der Waals surface area contributed by atoms with Crippen molar-refractivity contribution in [1.29, 1.82) is 0 Å². The van der Waals surface area contributed by atoms with E-state index in [0.29, 0.717) is 35.7 Å². The second kappa shape index (κ2) is 17.2. The van der Waals surface area contributed by atoms with Crippen molar-refractivity contribution in [2.45, 2.75) is 69.0 Å². The van der Waals surface area contributed by atoms with E-state index < -0.39 is 20.3 Å². The first-order chi connectivity index (χ1) is 22.0. The van der Waals surface area contributed by atoms with Crippen molar-refractivity contribution in [2.75, 3.05) is 19.4 Å². The zero-order valence-corrected chi connectivity index (χ0v) is 28.6. The third-order valence-electron chi connectivity index (χ3n) is 8.07. The summed E-state index contributed by atoms with van der Waals surface area (Å²) in [6.07, 6.45) is 10.9. The zero-order valence-electron chi connectivity index (χ0n) is 26.1. The zero-order chi connectivity index (χ0) is 33.3. The van der Waals surface area contributed by atoms with Gasteiger partial charge >= 0.3 is 8.60 Å². The number of nitrogens with zero attached hydrogens (tertiary/aromatic N) is 1. The predicted octanol–water partition coefficient (Wildman–Crippen LogP) is 9.76. The van der Waals surface area contributed by atoms with Gasteiger partial charge in [-0.05, 0) is 55.2 Å². The second-order valence-corrected chi connectivity index (χ2v) is 13.3. The minimum Gasteiger partial charge on any atom is -0.493 e. The highest BCUT2D eigenvalue weighted by Gasteiger charge is 2.30. The van der Waals surface area contributed by atoms with Gasteiger partial charge < -0.3 is 19.0 Å². The number of ether oxygens (including phenoxy) is 1. The molecule has 0 aliphatic heterocycles. The maximum Gasteiger partial charge on any atom is 0.327 e. The van der Waals surface area contributed by atoms with Crippen LogP contribution in [0.2, 0.25) is 5.02 Å². The van der Waals surface area contributed by atoms with Gasteiger partial charge in [-0.1, -0.05) is 78.4 Å². The Bertz CT molecular complexity index is 1500. The summed E-state index contributed by atoms with van der Waals surface area (Å²) in [6.45, 7) is 3.89. The Morgan fingerprint density at radius 3 is 2.50 bits per heavy atom. The summed E-state index contributed by atoms with van der Waals surface area (Å²) in [4.78, 5) is 21.0. The molecule has 1 aliphatic carbocycles. The Balaban J connectivity index is 1.58. The molecule has 0 amide bonds. The number of rotatable bonds is 16. The van der Waals surface area contributed by atoms with Crippen molar-refractivity contribution in [3.63, 3.8) is 0 Å². The fourth-order valence-corrected chi connectivity index (χ4v) is 6.75. The molecule has 3 aromatic rings. The van der Waals surface area contributed by atoms with Gasteiger partial charge in [0.1, 0.15) is 11.6 Å². The normalized spacial score (nSPS) is 14.9. The van der Waals surface area contributed by atoms with Crippen LogP contribution in [0.25, 0.3) is 0 Å². The Morgan fingerprint density at radius 2 is 1.85 bits per heavy atom. The van der Waals surface area contributed by atoms with Crippen molar-refractivity contribution in [1.82, 2.24) is 4.90 Å². The molecule has 0 radical (unpaired) electrons. The van der Waals surface area contributed by atoms with E-state index in [0.717, 1.165) is 25.3 Å².